The molecule has 1 fully saturated rings. The van der Waals surface area contributed by atoms with Gasteiger partial charge in [0.15, 0.2) is 5.82 Å². The Labute approximate surface area is 174 Å². The van der Waals surface area contributed by atoms with Crippen LogP contribution in [0.2, 0.25) is 0 Å². The van der Waals surface area contributed by atoms with E-state index in [1.807, 2.05) is 6.92 Å². The highest BCUT2D eigenvalue weighted by atomic mass is 16.2. The van der Waals surface area contributed by atoms with Gasteiger partial charge in [-0.1, -0.05) is 0 Å². The maximum Gasteiger partial charge on any atom is 0.348 e. The van der Waals surface area contributed by atoms with Gasteiger partial charge >= 0.3 is 5.69 Å². The number of nitrogens with zero attached hydrogens (tertiary/aromatic N) is 6. The number of anilines is 1. The largest absolute Gasteiger partial charge is 0.348 e. The van der Waals surface area contributed by atoms with Gasteiger partial charge in [-0.05, 0) is 46.1 Å². The van der Waals surface area contributed by atoms with E-state index in [9.17, 15) is 14.4 Å². The van der Waals surface area contributed by atoms with Gasteiger partial charge in [-0.2, -0.15) is 4.98 Å². The lowest BCUT2D eigenvalue weighted by Gasteiger charge is -2.29. The monoisotopic (exact) mass is 410 g/mol. The lowest BCUT2D eigenvalue weighted by atomic mass is 10.0. The highest BCUT2D eigenvalue weighted by molar-refractivity contribution is 5.94. The van der Waals surface area contributed by atoms with Crippen LogP contribution in [0, 0.1) is 20.8 Å². The van der Waals surface area contributed by atoms with Crippen molar-refractivity contribution in [3.63, 3.8) is 0 Å². The topological polar surface area (TPSA) is 101 Å². The van der Waals surface area contributed by atoms with E-state index >= 15 is 0 Å². The number of amides is 2. The summed E-state index contributed by atoms with van der Waals surface area (Å²) in [5.74, 6) is 1.08. The Morgan fingerprint density at radius 1 is 1.13 bits per heavy atom. The summed E-state index contributed by atoms with van der Waals surface area (Å²) < 4.78 is 1.40. The molecule has 2 aliphatic heterocycles. The minimum Gasteiger partial charge on any atom is -0.331 e. The molecular formula is C21H26N6O3. The zero-order valence-electron chi connectivity index (χ0n) is 17.8. The first-order chi connectivity index (χ1) is 14.3. The Morgan fingerprint density at radius 3 is 2.63 bits per heavy atom. The number of fused-ring (bicyclic) bond motifs is 1. The molecule has 0 aromatic carbocycles. The molecule has 0 aliphatic carbocycles. The third kappa shape index (κ3) is 3.48. The van der Waals surface area contributed by atoms with Gasteiger partial charge in [0, 0.05) is 42.7 Å². The van der Waals surface area contributed by atoms with Crippen molar-refractivity contribution in [1.29, 1.82) is 0 Å². The average Bonchev–Trinajstić information content (AvgIpc) is 3.17. The molecule has 1 saturated heterocycles. The Kier molecular flexibility index (Phi) is 5.13. The van der Waals surface area contributed by atoms with Crippen LogP contribution in [0.5, 0.6) is 0 Å². The van der Waals surface area contributed by atoms with E-state index in [1.54, 1.807) is 36.8 Å². The van der Waals surface area contributed by atoms with Gasteiger partial charge in [-0.3, -0.25) is 19.1 Å². The molecule has 4 heterocycles. The predicted molar refractivity (Wildman–Crippen MR) is 110 cm³/mol. The van der Waals surface area contributed by atoms with Crippen LogP contribution in [0.3, 0.4) is 0 Å². The van der Waals surface area contributed by atoms with Crippen molar-refractivity contribution < 1.29 is 9.59 Å². The molecular weight excluding hydrogens is 384 g/mol. The van der Waals surface area contributed by atoms with E-state index in [1.165, 1.54) is 4.57 Å². The standard InChI is InChI=1S/C21H26N6O3/c1-12-10-13(2)27(21(30)22-12)11-18(29)26-9-5-6-16(26)19-23-14(3)15-7-8-17(28)25(4)20(15)24-19/h10,16H,5-9,11H2,1-4H3/t16-/m1/s1. The Bertz CT molecular complexity index is 1090. The quantitative estimate of drug-likeness (QED) is 0.754. The van der Waals surface area contributed by atoms with Gasteiger partial charge < -0.3 is 4.90 Å². The molecule has 2 aromatic heterocycles. The smallest absolute Gasteiger partial charge is 0.331 e. The van der Waals surface area contributed by atoms with Gasteiger partial charge in [-0.15, -0.1) is 0 Å². The van der Waals surface area contributed by atoms with E-state index in [0.29, 0.717) is 42.4 Å². The molecule has 2 amide bonds. The van der Waals surface area contributed by atoms with E-state index in [-0.39, 0.29) is 24.4 Å². The van der Waals surface area contributed by atoms with Crippen LogP contribution in [0.15, 0.2) is 10.9 Å². The Balaban J connectivity index is 1.63. The number of rotatable bonds is 3. The second kappa shape index (κ2) is 7.62. The molecule has 0 saturated carbocycles. The van der Waals surface area contributed by atoms with Crippen molar-refractivity contribution in [3.8, 4) is 0 Å². The SMILES string of the molecule is Cc1cc(C)n(CC(=O)N2CCC[C@@H]2c2nc(C)c3c(n2)N(C)C(=O)CC3)c(=O)n1. The molecule has 30 heavy (non-hydrogen) atoms. The van der Waals surface area contributed by atoms with Crippen molar-refractivity contribution >= 4 is 17.6 Å². The number of aromatic nitrogens is 4. The Hall–Kier alpha value is -3.10. The number of hydrogen-bond acceptors (Lipinski definition) is 6. The molecule has 9 heteroatoms. The van der Waals surface area contributed by atoms with Crippen molar-refractivity contribution in [2.75, 3.05) is 18.5 Å². The first-order valence-corrected chi connectivity index (χ1v) is 10.2. The normalized spacial score (nSPS) is 18.7. The molecule has 0 N–H and O–H groups in total. The van der Waals surface area contributed by atoms with Crippen LogP contribution in [0.1, 0.15) is 53.8 Å². The van der Waals surface area contributed by atoms with Crippen molar-refractivity contribution in [3.05, 3.63) is 45.0 Å². The number of aryl methyl sites for hydroxylation is 3. The molecule has 0 bridgehead atoms. The summed E-state index contributed by atoms with van der Waals surface area (Å²) >= 11 is 0. The second-order valence-electron chi connectivity index (χ2n) is 8.07. The van der Waals surface area contributed by atoms with E-state index < -0.39 is 5.69 Å². The van der Waals surface area contributed by atoms with Gasteiger partial charge in [0.1, 0.15) is 12.4 Å². The van der Waals surface area contributed by atoms with Crippen LogP contribution in [-0.2, 0) is 22.6 Å². The first-order valence-electron chi connectivity index (χ1n) is 10.2. The fraction of sp³-hybridized carbons (Fsp3) is 0.524. The summed E-state index contributed by atoms with van der Waals surface area (Å²) in [7, 11) is 1.73. The third-order valence-electron chi connectivity index (χ3n) is 6.00. The molecule has 4 rings (SSSR count). The first kappa shape index (κ1) is 20.2. The van der Waals surface area contributed by atoms with Gasteiger partial charge in [0.2, 0.25) is 11.8 Å². The molecule has 1 atom stereocenters. The molecule has 0 unspecified atom stereocenters. The maximum absolute atomic E-state index is 13.1. The molecule has 158 valence electrons. The summed E-state index contributed by atoms with van der Waals surface area (Å²) in [6.45, 7) is 6.01. The second-order valence-corrected chi connectivity index (χ2v) is 8.07. The fourth-order valence-electron chi connectivity index (χ4n) is 4.37. The maximum atomic E-state index is 13.1. The number of carbonyl (C=O) groups excluding carboxylic acids is 2. The van der Waals surface area contributed by atoms with Crippen LogP contribution in [-0.4, -0.2) is 49.8 Å². The summed E-state index contributed by atoms with van der Waals surface area (Å²) in [5.41, 5.74) is 2.76. The zero-order chi connectivity index (χ0) is 21.6. The molecule has 0 spiro atoms. The van der Waals surface area contributed by atoms with Crippen LogP contribution < -0.4 is 10.6 Å². The van der Waals surface area contributed by atoms with Gasteiger partial charge in [-0.25, -0.2) is 14.8 Å². The average molecular weight is 410 g/mol. The third-order valence-corrected chi connectivity index (χ3v) is 6.00. The van der Waals surface area contributed by atoms with E-state index in [0.717, 1.165) is 24.1 Å². The lowest BCUT2D eigenvalue weighted by Crippen LogP contribution is -2.38. The lowest BCUT2D eigenvalue weighted by molar-refractivity contribution is -0.133. The summed E-state index contributed by atoms with van der Waals surface area (Å²) in [4.78, 5) is 54.1. The number of carbonyl (C=O) groups is 2. The molecule has 2 aliphatic rings. The molecule has 9 nitrogen and oxygen atoms in total. The van der Waals surface area contributed by atoms with Crippen molar-refractivity contribution in [2.24, 2.45) is 0 Å². The summed E-state index contributed by atoms with van der Waals surface area (Å²) in [5, 5.41) is 0. The minimum atomic E-state index is -0.419. The van der Waals surface area contributed by atoms with Crippen LogP contribution >= 0.6 is 0 Å². The van der Waals surface area contributed by atoms with Crippen LogP contribution in [0.25, 0.3) is 0 Å². The summed E-state index contributed by atoms with van der Waals surface area (Å²) in [6.07, 6.45) is 2.69. The van der Waals surface area contributed by atoms with Gasteiger partial charge in [0.05, 0.1) is 6.04 Å². The number of hydrogen-bond donors (Lipinski definition) is 0. The Morgan fingerprint density at radius 2 is 1.90 bits per heavy atom. The fourth-order valence-corrected chi connectivity index (χ4v) is 4.37. The predicted octanol–water partition coefficient (Wildman–Crippen LogP) is 1.23. The molecule has 2 aromatic rings. The zero-order valence-corrected chi connectivity index (χ0v) is 17.8. The van der Waals surface area contributed by atoms with E-state index in [2.05, 4.69) is 4.98 Å². The molecule has 0 radical (unpaired) electrons. The highest BCUT2D eigenvalue weighted by Gasteiger charge is 2.34. The van der Waals surface area contributed by atoms with Crippen molar-refractivity contribution in [2.45, 2.75) is 59.0 Å². The van der Waals surface area contributed by atoms with E-state index in [4.69, 9.17) is 9.97 Å². The van der Waals surface area contributed by atoms with Gasteiger partial charge in [0.25, 0.3) is 0 Å². The minimum absolute atomic E-state index is 0.0348. The highest BCUT2D eigenvalue weighted by Crippen LogP contribution is 2.34. The summed E-state index contributed by atoms with van der Waals surface area (Å²) in [6, 6.07) is 1.53. The number of likely N-dealkylation sites (tertiary alicyclic amines) is 1. The van der Waals surface area contributed by atoms with Crippen LogP contribution in [0.4, 0.5) is 5.82 Å². The van der Waals surface area contributed by atoms with Crippen molar-refractivity contribution in [1.82, 2.24) is 24.4 Å².